The lowest BCUT2D eigenvalue weighted by atomic mass is 9.84. The van der Waals surface area contributed by atoms with Crippen molar-refractivity contribution in [2.24, 2.45) is 5.73 Å². The zero-order valence-corrected chi connectivity index (χ0v) is 17.2. The number of aromatic nitrogens is 2. The highest BCUT2D eigenvalue weighted by atomic mass is 35.5. The fourth-order valence-electron chi connectivity index (χ4n) is 4.09. The molecule has 31 heavy (non-hydrogen) atoms. The van der Waals surface area contributed by atoms with Crippen molar-refractivity contribution in [3.63, 3.8) is 0 Å². The van der Waals surface area contributed by atoms with Crippen molar-refractivity contribution >= 4 is 41.0 Å². The third kappa shape index (κ3) is 3.65. The summed E-state index contributed by atoms with van der Waals surface area (Å²) in [6.07, 6.45) is 5.72. The smallest absolute Gasteiger partial charge is 0.422 e. The standard InChI is InChI=1S/C21H19ClN4O5/c22-12-4-5-15-13(10-12)16(17(27)14-11-24-8-9-25-14)18(28)26(15)20(30)31-21(19(23)29)6-2-1-3-7-21/h4-5,8-11,16H,1-3,6-7H2,(H2,23,29). The van der Waals surface area contributed by atoms with Gasteiger partial charge in [0.05, 0.1) is 11.9 Å². The Morgan fingerprint density at radius 2 is 1.90 bits per heavy atom. The summed E-state index contributed by atoms with van der Waals surface area (Å²) in [5.41, 5.74) is 4.46. The lowest BCUT2D eigenvalue weighted by Gasteiger charge is -2.34. The molecular weight excluding hydrogens is 424 g/mol. The Hall–Kier alpha value is -3.33. The van der Waals surface area contributed by atoms with Crippen LogP contribution in [0.5, 0.6) is 0 Å². The third-order valence-corrected chi connectivity index (χ3v) is 5.90. The molecule has 0 spiro atoms. The van der Waals surface area contributed by atoms with Crippen molar-refractivity contribution in [3.05, 3.63) is 53.1 Å². The molecule has 0 saturated heterocycles. The van der Waals surface area contributed by atoms with Gasteiger partial charge in [-0.3, -0.25) is 19.4 Å². The Morgan fingerprint density at radius 3 is 2.55 bits per heavy atom. The van der Waals surface area contributed by atoms with Gasteiger partial charge in [-0.1, -0.05) is 18.0 Å². The number of hydrogen-bond donors (Lipinski definition) is 1. The number of Topliss-reactive ketones (excluding diaryl/α,β-unsaturated/α-hetero) is 1. The quantitative estimate of drug-likeness (QED) is 0.568. The minimum atomic E-state index is -1.48. The number of ether oxygens (including phenoxy) is 1. The summed E-state index contributed by atoms with van der Waals surface area (Å²) in [5.74, 6) is -3.53. The highest BCUT2D eigenvalue weighted by Gasteiger charge is 2.49. The van der Waals surface area contributed by atoms with Crippen molar-refractivity contribution in [2.45, 2.75) is 43.6 Å². The van der Waals surface area contributed by atoms with Crippen molar-refractivity contribution in [1.82, 2.24) is 9.97 Å². The molecule has 1 aliphatic carbocycles. The topological polar surface area (TPSA) is 133 Å². The predicted molar refractivity (Wildman–Crippen MR) is 110 cm³/mol. The molecule has 2 aromatic rings. The van der Waals surface area contributed by atoms with E-state index in [9.17, 15) is 19.2 Å². The number of halogens is 1. The number of carbonyl (C=O) groups is 4. The molecule has 2 heterocycles. The van der Waals surface area contributed by atoms with E-state index in [0.29, 0.717) is 17.9 Å². The van der Waals surface area contributed by atoms with Gasteiger partial charge in [0.15, 0.2) is 11.4 Å². The molecule has 160 valence electrons. The number of fused-ring (bicyclic) bond motifs is 1. The first kappa shape index (κ1) is 20.9. The molecule has 2 aliphatic rings. The van der Waals surface area contributed by atoms with Gasteiger partial charge in [0.25, 0.3) is 11.8 Å². The molecule has 0 radical (unpaired) electrons. The van der Waals surface area contributed by atoms with Crippen LogP contribution in [0.15, 0.2) is 36.8 Å². The van der Waals surface area contributed by atoms with Gasteiger partial charge in [-0.25, -0.2) is 14.7 Å². The number of hydrogen-bond acceptors (Lipinski definition) is 7. The zero-order valence-electron chi connectivity index (χ0n) is 16.4. The largest absolute Gasteiger partial charge is 0.432 e. The van der Waals surface area contributed by atoms with Crippen LogP contribution in [0.3, 0.4) is 0 Å². The molecule has 2 N–H and O–H groups in total. The summed E-state index contributed by atoms with van der Waals surface area (Å²) in [6, 6.07) is 4.40. The lowest BCUT2D eigenvalue weighted by molar-refractivity contribution is -0.140. The first-order chi connectivity index (χ1) is 14.8. The molecule has 0 bridgehead atoms. The van der Waals surface area contributed by atoms with Crippen molar-refractivity contribution in [2.75, 3.05) is 4.90 Å². The van der Waals surface area contributed by atoms with Crippen LogP contribution >= 0.6 is 11.6 Å². The molecule has 4 rings (SSSR count). The van der Waals surface area contributed by atoms with Crippen molar-refractivity contribution in [3.8, 4) is 0 Å². The number of amides is 3. The molecule has 1 saturated carbocycles. The number of rotatable bonds is 4. The normalized spacial score (nSPS) is 19.6. The highest BCUT2D eigenvalue weighted by molar-refractivity contribution is 6.32. The van der Waals surface area contributed by atoms with Crippen LogP contribution in [0.1, 0.15) is 54.1 Å². The molecule has 1 aromatic heterocycles. The minimum Gasteiger partial charge on any atom is -0.432 e. The maximum atomic E-state index is 13.2. The van der Waals surface area contributed by atoms with Gasteiger partial charge >= 0.3 is 6.09 Å². The first-order valence-corrected chi connectivity index (χ1v) is 10.2. The summed E-state index contributed by atoms with van der Waals surface area (Å²) in [5, 5.41) is 0.291. The van der Waals surface area contributed by atoms with Gasteiger partial charge in [0, 0.05) is 17.4 Å². The van der Waals surface area contributed by atoms with E-state index in [-0.39, 0.29) is 29.8 Å². The number of benzene rings is 1. The van der Waals surface area contributed by atoms with E-state index < -0.39 is 35.2 Å². The number of carbonyl (C=O) groups excluding carboxylic acids is 4. The maximum Gasteiger partial charge on any atom is 0.422 e. The van der Waals surface area contributed by atoms with E-state index in [0.717, 1.165) is 11.3 Å². The van der Waals surface area contributed by atoms with Gasteiger partial charge < -0.3 is 10.5 Å². The number of anilines is 1. The fourth-order valence-corrected chi connectivity index (χ4v) is 4.27. The minimum absolute atomic E-state index is 0.0251. The third-order valence-electron chi connectivity index (χ3n) is 5.66. The number of primary amides is 1. The maximum absolute atomic E-state index is 13.2. The number of nitrogens with zero attached hydrogens (tertiary/aromatic N) is 3. The molecule has 1 fully saturated rings. The van der Waals surface area contributed by atoms with Gasteiger partial charge in [-0.2, -0.15) is 0 Å². The SMILES string of the molecule is NC(=O)C1(OC(=O)N2C(=O)C(C(=O)c3cnccn3)c3cc(Cl)ccc32)CCCCC1. The van der Waals surface area contributed by atoms with E-state index in [1.165, 1.54) is 36.8 Å². The average Bonchev–Trinajstić information content (AvgIpc) is 3.05. The first-order valence-electron chi connectivity index (χ1n) is 9.80. The van der Waals surface area contributed by atoms with Crippen LogP contribution in [0.4, 0.5) is 10.5 Å². The molecule has 1 unspecified atom stereocenters. The zero-order chi connectivity index (χ0) is 22.2. The van der Waals surface area contributed by atoms with Gasteiger partial charge in [-0.15, -0.1) is 0 Å². The second-order valence-corrected chi connectivity index (χ2v) is 7.99. The van der Waals surface area contributed by atoms with E-state index in [4.69, 9.17) is 22.1 Å². The molecule has 10 heteroatoms. The Kier molecular flexibility index (Phi) is 5.45. The van der Waals surface area contributed by atoms with E-state index >= 15 is 0 Å². The van der Waals surface area contributed by atoms with Crippen LogP contribution in [0, 0.1) is 0 Å². The summed E-state index contributed by atoms with van der Waals surface area (Å²) in [6.45, 7) is 0. The summed E-state index contributed by atoms with van der Waals surface area (Å²) >= 11 is 6.09. The lowest BCUT2D eigenvalue weighted by Crippen LogP contribution is -2.52. The van der Waals surface area contributed by atoms with Crippen LogP contribution in [0.25, 0.3) is 0 Å². The van der Waals surface area contributed by atoms with E-state index in [1.54, 1.807) is 0 Å². The average molecular weight is 443 g/mol. The molecule has 1 atom stereocenters. The van der Waals surface area contributed by atoms with Gasteiger partial charge in [0.2, 0.25) is 0 Å². The Labute approximate surface area is 182 Å². The fraction of sp³-hybridized carbons (Fsp3) is 0.333. The van der Waals surface area contributed by atoms with Crippen LogP contribution in [-0.4, -0.2) is 39.3 Å². The molecule has 3 amide bonds. The number of ketones is 1. The van der Waals surface area contributed by atoms with Crippen molar-refractivity contribution < 1.29 is 23.9 Å². The second kappa shape index (κ2) is 8.07. The Balaban J connectivity index is 1.70. The summed E-state index contributed by atoms with van der Waals surface area (Å²) in [4.78, 5) is 60.1. The van der Waals surface area contributed by atoms with E-state index in [1.807, 2.05) is 0 Å². The van der Waals surface area contributed by atoms with Gasteiger partial charge in [-0.05, 0) is 49.4 Å². The van der Waals surface area contributed by atoms with E-state index in [2.05, 4.69) is 9.97 Å². The summed E-state index contributed by atoms with van der Waals surface area (Å²) < 4.78 is 5.53. The predicted octanol–water partition coefficient (Wildman–Crippen LogP) is 2.77. The van der Waals surface area contributed by atoms with Crippen LogP contribution in [0.2, 0.25) is 5.02 Å². The van der Waals surface area contributed by atoms with Crippen molar-refractivity contribution in [1.29, 1.82) is 0 Å². The Bertz CT molecular complexity index is 1070. The molecule has 9 nitrogen and oxygen atoms in total. The number of imide groups is 1. The summed E-state index contributed by atoms with van der Waals surface area (Å²) in [7, 11) is 0. The Morgan fingerprint density at radius 1 is 1.16 bits per heavy atom. The van der Waals surface area contributed by atoms with Crippen LogP contribution in [-0.2, 0) is 14.3 Å². The van der Waals surface area contributed by atoms with Crippen LogP contribution < -0.4 is 10.6 Å². The number of nitrogens with two attached hydrogens (primary N) is 1. The molecular formula is C21H19ClN4O5. The highest BCUT2D eigenvalue weighted by Crippen LogP contribution is 2.42. The molecule has 1 aliphatic heterocycles. The second-order valence-electron chi connectivity index (χ2n) is 7.55. The molecule has 1 aromatic carbocycles. The van der Waals surface area contributed by atoms with Gasteiger partial charge in [0.1, 0.15) is 11.6 Å². The monoisotopic (exact) mass is 442 g/mol.